The van der Waals surface area contributed by atoms with Gasteiger partial charge in [0.25, 0.3) is 0 Å². The molecule has 6 nitrogen and oxygen atoms in total. The van der Waals surface area contributed by atoms with Crippen LogP contribution in [0.5, 0.6) is 5.88 Å². The molecule has 0 bridgehead atoms. The summed E-state index contributed by atoms with van der Waals surface area (Å²) in [5, 5.41) is 3.34. The first-order valence-electron chi connectivity index (χ1n) is 5.99. The van der Waals surface area contributed by atoms with Gasteiger partial charge < -0.3 is 20.5 Å². The smallest absolute Gasteiger partial charge is 0.340 e. The Hall–Kier alpha value is -2.47. The first-order valence-corrected chi connectivity index (χ1v) is 6.37. The van der Waals surface area contributed by atoms with E-state index in [0.29, 0.717) is 28.0 Å². The second-order valence-electron chi connectivity index (χ2n) is 4.13. The zero-order valence-corrected chi connectivity index (χ0v) is 12.3. The van der Waals surface area contributed by atoms with Crippen LogP contribution in [-0.2, 0) is 4.74 Å². The quantitative estimate of drug-likeness (QED) is 0.667. The normalized spacial score (nSPS) is 10.0. The standard InChI is InChI=1S/C14H14ClN3O3/c1-20-12-4-3-9(7-17-12)18-13-10(14(19)21-2)5-8(16)6-11(13)15/h3-7,18H,16H2,1-2H3. The van der Waals surface area contributed by atoms with Crippen molar-refractivity contribution in [1.29, 1.82) is 0 Å². The van der Waals surface area contributed by atoms with Gasteiger partial charge in [-0.2, -0.15) is 0 Å². The van der Waals surface area contributed by atoms with Gasteiger partial charge in [-0.05, 0) is 18.2 Å². The van der Waals surface area contributed by atoms with Crippen LogP contribution in [0, 0.1) is 0 Å². The zero-order valence-electron chi connectivity index (χ0n) is 11.5. The maximum absolute atomic E-state index is 11.8. The van der Waals surface area contributed by atoms with E-state index in [0.717, 1.165) is 0 Å². The Bertz CT molecular complexity index is 659. The molecule has 1 heterocycles. The van der Waals surface area contributed by atoms with E-state index in [4.69, 9.17) is 26.8 Å². The summed E-state index contributed by atoms with van der Waals surface area (Å²) in [5.74, 6) is -0.0506. The number of esters is 1. The van der Waals surface area contributed by atoms with Gasteiger partial charge in [0.1, 0.15) is 0 Å². The Labute approximate surface area is 126 Å². The third-order valence-corrected chi connectivity index (χ3v) is 3.03. The molecule has 0 fully saturated rings. The molecule has 7 heteroatoms. The van der Waals surface area contributed by atoms with Crippen LogP contribution in [-0.4, -0.2) is 25.2 Å². The Kier molecular flexibility index (Phi) is 4.49. The molecule has 0 aliphatic rings. The molecule has 2 aromatic rings. The van der Waals surface area contributed by atoms with Crippen molar-refractivity contribution in [1.82, 2.24) is 4.98 Å². The molecule has 110 valence electrons. The number of aromatic nitrogens is 1. The Morgan fingerprint density at radius 3 is 2.67 bits per heavy atom. The lowest BCUT2D eigenvalue weighted by molar-refractivity contribution is 0.0602. The van der Waals surface area contributed by atoms with Gasteiger partial charge in [0.05, 0.1) is 42.4 Å². The molecule has 0 saturated heterocycles. The summed E-state index contributed by atoms with van der Waals surface area (Å²) >= 11 is 6.15. The fourth-order valence-corrected chi connectivity index (χ4v) is 2.02. The number of pyridine rings is 1. The van der Waals surface area contributed by atoms with E-state index in [9.17, 15) is 4.79 Å². The van der Waals surface area contributed by atoms with Crippen LogP contribution >= 0.6 is 11.6 Å². The minimum absolute atomic E-state index is 0.248. The molecule has 1 aromatic carbocycles. The van der Waals surface area contributed by atoms with Crippen molar-refractivity contribution in [2.45, 2.75) is 0 Å². The number of benzene rings is 1. The highest BCUT2D eigenvalue weighted by molar-refractivity contribution is 6.34. The Morgan fingerprint density at radius 1 is 1.33 bits per heavy atom. The summed E-state index contributed by atoms with van der Waals surface area (Å²) in [6.45, 7) is 0. The van der Waals surface area contributed by atoms with Gasteiger partial charge >= 0.3 is 5.97 Å². The molecule has 0 spiro atoms. The molecule has 0 atom stereocenters. The number of rotatable bonds is 4. The van der Waals surface area contributed by atoms with Crippen molar-refractivity contribution in [3.8, 4) is 5.88 Å². The van der Waals surface area contributed by atoms with Crippen molar-refractivity contribution in [3.63, 3.8) is 0 Å². The molecule has 0 radical (unpaired) electrons. The van der Waals surface area contributed by atoms with Crippen molar-refractivity contribution in [2.24, 2.45) is 0 Å². The summed E-state index contributed by atoms with van der Waals surface area (Å²) < 4.78 is 9.71. The molecule has 0 saturated carbocycles. The summed E-state index contributed by atoms with van der Waals surface area (Å²) in [4.78, 5) is 15.9. The maximum Gasteiger partial charge on any atom is 0.340 e. The number of hydrogen-bond acceptors (Lipinski definition) is 6. The lowest BCUT2D eigenvalue weighted by Crippen LogP contribution is -2.07. The van der Waals surface area contributed by atoms with Crippen molar-refractivity contribution in [3.05, 3.63) is 41.0 Å². The van der Waals surface area contributed by atoms with E-state index in [1.54, 1.807) is 24.4 Å². The minimum atomic E-state index is -0.534. The largest absolute Gasteiger partial charge is 0.481 e. The highest BCUT2D eigenvalue weighted by Crippen LogP contribution is 2.32. The van der Waals surface area contributed by atoms with Crippen molar-refractivity contribution < 1.29 is 14.3 Å². The fraction of sp³-hybridized carbons (Fsp3) is 0.143. The fourth-order valence-electron chi connectivity index (χ4n) is 1.74. The molecule has 2 rings (SSSR count). The van der Waals surface area contributed by atoms with E-state index >= 15 is 0 Å². The SMILES string of the molecule is COC(=O)c1cc(N)cc(Cl)c1Nc1ccc(OC)nc1. The summed E-state index contributed by atoms with van der Waals surface area (Å²) in [6, 6.07) is 6.48. The van der Waals surface area contributed by atoms with E-state index in [1.807, 2.05) is 0 Å². The van der Waals surface area contributed by atoms with Gasteiger partial charge in [-0.3, -0.25) is 0 Å². The van der Waals surface area contributed by atoms with E-state index in [-0.39, 0.29) is 5.56 Å². The number of anilines is 3. The molecule has 0 aliphatic carbocycles. The number of halogens is 1. The van der Waals surface area contributed by atoms with Crippen LogP contribution in [0.1, 0.15) is 10.4 Å². The lowest BCUT2D eigenvalue weighted by atomic mass is 10.1. The monoisotopic (exact) mass is 307 g/mol. The first-order chi connectivity index (χ1) is 10.0. The second-order valence-corrected chi connectivity index (χ2v) is 4.54. The number of nitrogens with zero attached hydrogens (tertiary/aromatic N) is 1. The van der Waals surface area contributed by atoms with E-state index in [2.05, 4.69) is 10.3 Å². The molecule has 0 aliphatic heterocycles. The van der Waals surface area contributed by atoms with Gasteiger partial charge in [-0.1, -0.05) is 11.6 Å². The second kappa shape index (κ2) is 6.32. The van der Waals surface area contributed by atoms with Crippen LogP contribution in [0.15, 0.2) is 30.5 Å². The number of nitrogens with two attached hydrogens (primary N) is 1. The van der Waals surface area contributed by atoms with Crippen LogP contribution in [0.25, 0.3) is 0 Å². The Balaban J connectivity index is 2.39. The van der Waals surface area contributed by atoms with Gasteiger partial charge in [0.2, 0.25) is 5.88 Å². The van der Waals surface area contributed by atoms with Gasteiger partial charge in [0.15, 0.2) is 0 Å². The molecule has 3 N–H and O–H groups in total. The zero-order chi connectivity index (χ0) is 15.4. The predicted octanol–water partition coefficient (Wildman–Crippen LogP) is 2.86. The number of nitrogens with one attached hydrogen (secondary N) is 1. The average Bonchev–Trinajstić information content (AvgIpc) is 2.49. The van der Waals surface area contributed by atoms with Gasteiger partial charge in [-0.25, -0.2) is 9.78 Å². The predicted molar refractivity (Wildman–Crippen MR) is 81.3 cm³/mol. The number of ether oxygens (including phenoxy) is 2. The maximum atomic E-state index is 11.8. The van der Waals surface area contributed by atoms with Crippen LogP contribution < -0.4 is 15.8 Å². The number of hydrogen-bond donors (Lipinski definition) is 2. The van der Waals surface area contributed by atoms with Crippen molar-refractivity contribution in [2.75, 3.05) is 25.3 Å². The van der Waals surface area contributed by atoms with E-state index in [1.165, 1.54) is 20.3 Å². The third kappa shape index (κ3) is 3.35. The lowest BCUT2D eigenvalue weighted by Gasteiger charge is -2.13. The molecular formula is C14H14ClN3O3. The van der Waals surface area contributed by atoms with Crippen molar-refractivity contribution >= 4 is 34.6 Å². The summed E-state index contributed by atoms with van der Waals surface area (Å²) in [5.41, 5.74) is 7.38. The minimum Gasteiger partial charge on any atom is -0.481 e. The van der Waals surface area contributed by atoms with Crippen LogP contribution in [0.2, 0.25) is 5.02 Å². The average molecular weight is 308 g/mol. The van der Waals surface area contributed by atoms with E-state index < -0.39 is 5.97 Å². The highest BCUT2D eigenvalue weighted by atomic mass is 35.5. The number of methoxy groups -OCH3 is 2. The number of nitrogen functional groups attached to an aromatic ring is 1. The van der Waals surface area contributed by atoms with Gasteiger partial charge in [0, 0.05) is 11.8 Å². The summed E-state index contributed by atoms with van der Waals surface area (Å²) in [6.07, 6.45) is 1.56. The van der Waals surface area contributed by atoms with Gasteiger partial charge in [-0.15, -0.1) is 0 Å². The highest BCUT2D eigenvalue weighted by Gasteiger charge is 2.16. The summed E-state index contributed by atoms with van der Waals surface area (Å²) in [7, 11) is 2.82. The van der Waals surface area contributed by atoms with Crippen LogP contribution in [0.3, 0.4) is 0 Å². The molecule has 1 aromatic heterocycles. The third-order valence-electron chi connectivity index (χ3n) is 2.73. The topological polar surface area (TPSA) is 86.5 Å². The molecule has 0 amide bonds. The molecule has 21 heavy (non-hydrogen) atoms. The van der Waals surface area contributed by atoms with Crippen LogP contribution in [0.4, 0.5) is 17.1 Å². The molecule has 0 unspecified atom stereocenters. The molecular weight excluding hydrogens is 294 g/mol. The number of carbonyl (C=O) groups is 1. The number of carbonyl (C=O) groups excluding carboxylic acids is 1. The first kappa shape index (κ1) is 14.9. The Morgan fingerprint density at radius 2 is 2.10 bits per heavy atom.